The summed E-state index contributed by atoms with van der Waals surface area (Å²) in [5, 5.41) is 6.93. The number of anilines is 3. The van der Waals surface area contributed by atoms with Crippen LogP contribution in [0.2, 0.25) is 0 Å². The van der Waals surface area contributed by atoms with E-state index in [1.807, 2.05) is 0 Å². The van der Waals surface area contributed by atoms with E-state index >= 15 is 0 Å². The molecule has 25 heavy (non-hydrogen) atoms. The van der Waals surface area contributed by atoms with Crippen molar-refractivity contribution in [3.8, 4) is 0 Å². The number of carbonyl (C=O) groups is 2. The van der Waals surface area contributed by atoms with Crippen molar-refractivity contribution in [2.75, 3.05) is 29.6 Å². The number of nitrogens with two attached hydrogens (primary N) is 1. The molecule has 1 aliphatic carbocycles. The Morgan fingerprint density at radius 3 is 2.28 bits per heavy atom. The van der Waals surface area contributed by atoms with Crippen LogP contribution in [-0.4, -0.2) is 30.4 Å². The minimum absolute atomic E-state index is 0.160. The van der Waals surface area contributed by atoms with E-state index in [1.165, 1.54) is 0 Å². The summed E-state index contributed by atoms with van der Waals surface area (Å²) in [5.74, 6) is -0.354. The van der Waals surface area contributed by atoms with Crippen LogP contribution in [0.15, 0.2) is 30.3 Å². The molecular formula is C19H17N3O3. The van der Waals surface area contributed by atoms with Crippen molar-refractivity contribution in [1.82, 2.24) is 0 Å². The number of rotatable bonds is 0. The van der Waals surface area contributed by atoms with Crippen LogP contribution < -0.4 is 16.4 Å². The SMILES string of the molecule is Nc1cc2c(c3c1C(=O)c1ccccc1C3=O)NC1(CCOCC1)N2. The molecule has 3 aliphatic rings. The molecule has 0 bridgehead atoms. The second-order valence-electron chi connectivity index (χ2n) is 6.79. The highest BCUT2D eigenvalue weighted by molar-refractivity contribution is 6.32. The van der Waals surface area contributed by atoms with Gasteiger partial charge in [0.15, 0.2) is 11.6 Å². The molecule has 4 N–H and O–H groups in total. The Hall–Kier alpha value is -2.86. The highest BCUT2D eigenvalue weighted by Crippen LogP contribution is 2.46. The van der Waals surface area contributed by atoms with E-state index in [0.717, 1.165) is 18.5 Å². The van der Waals surface area contributed by atoms with Crippen LogP contribution in [0.4, 0.5) is 17.1 Å². The predicted octanol–water partition coefficient (Wildman–Crippen LogP) is 2.39. The molecule has 2 aromatic rings. The summed E-state index contributed by atoms with van der Waals surface area (Å²) < 4.78 is 5.45. The second kappa shape index (κ2) is 4.83. The molecule has 126 valence electrons. The van der Waals surface area contributed by atoms with E-state index in [0.29, 0.717) is 46.8 Å². The van der Waals surface area contributed by atoms with Gasteiger partial charge in [-0.3, -0.25) is 9.59 Å². The van der Waals surface area contributed by atoms with Crippen LogP contribution in [0.1, 0.15) is 44.7 Å². The summed E-state index contributed by atoms with van der Waals surface area (Å²) in [6.45, 7) is 1.28. The highest BCUT2D eigenvalue weighted by atomic mass is 16.5. The van der Waals surface area contributed by atoms with Gasteiger partial charge in [0.2, 0.25) is 0 Å². The van der Waals surface area contributed by atoms with Gasteiger partial charge < -0.3 is 21.1 Å². The Morgan fingerprint density at radius 2 is 1.60 bits per heavy atom. The molecule has 0 atom stereocenters. The molecule has 0 amide bonds. The van der Waals surface area contributed by atoms with Crippen LogP contribution >= 0.6 is 0 Å². The molecule has 1 saturated heterocycles. The maximum Gasteiger partial charge on any atom is 0.196 e. The number of ether oxygens (including phenoxy) is 1. The lowest BCUT2D eigenvalue weighted by Crippen LogP contribution is -2.46. The third-order valence-corrected chi connectivity index (χ3v) is 5.31. The van der Waals surface area contributed by atoms with Crippen molar-refractivity contribution in [1.29, 1.82) is 0 Å². The number of hydrogen-bond acceptors (Lipinski definition) is 6. The van der Waals surface area contributed by atoms with Gasteiger partial charge in [0.05, 0.1) is 35.7 Å². The Kier molecular flexibility index (Phi) is 2.80. The number of nitrogens with one attached hydrogen (secondary N) is 2. The summed E-state index contributed by atoms with van der Waals surface area (Å²) >= 11 is 0. The Balaban J connectivity index is 1.71. The standard InChI is InChI=1S/C19H17N3O3/c20-12-9-13-16(22-19(21-13)5-7-25-8-6-19)15-14(12)17(23)10-3-1-2-4-11(10)18(15)24/h1-4,9,21-22H,5-8,20H2. The number of benzene rings is 2. The molecular weight excluding hydrogens is 318 g/mol. The quantitative estimate of drug-likeness (QED) is 0.546. The normalized spacial score (nSPS) is 19.7. The van der Waals surface area contributed by atoms with E-state index < -0.39 is 0 Å². The van der Waals surface area contributed by atoms with E-state index in [-0.39, 0.29) is 17.2 Å². The first-order valence-corrected chi connectivity index (χ1v) is 8.39. The first kappa shape index (κ1) is 14.5. The second-order valence-corrected chi connectivity index (χ2v) is 6.79. The Bertz CT molecular complexity index is 945. The van der Waals surface area contributed by atoms with Crippen LogP contribution in [0.5, 0.6) is 0 Å². The third-order valence-electron chi connectivity index (χ3n) is 5.31. The smallest absolute Gasteiger partial charge is 0.196 e. The fourth-order valence-corrected chi connectivity index (χ4v) is 4.05. The van der Waals surface area contributed by atoms with Gasteiger partial charge in [0.25, 0.3) is 0 Å². The van der Waals surface area contributed by atoms with Gasteiger partial charge in [-0.2, -0.15) is 0 Å². The van der Waals surface area contributed by atoms with Gasteiger partial charge in [-0.15, -0.1) is 0 Å². The van der Waals surface area contributed by atoms with Crippen LogP contribution in [0.25, 0.3) is 0 Å². The third kappa shape index (κ3) is 1.88. The molecule has 1 spiro atoms. The van der Waals surface area contributed by atoms with Crippen LogP contribution in [-0.2, 0) is 4.74 Å². The topological polar surface area (TPSA) is 93.5 Å². The largest absolute Gasteiger partial charge is 0.398 e. The summed E-state index contributed by atoms with van der Waals surface area (Å²) in [6.07, 6.45) is 1.55. The molecule has 0 saturated carbocycles. The summed E-state index contributed by atoms with van der Waals surface area (Å²) in [5.41, 5.74) is 9.16. The van der Waals surface area contributed by atoms with E-state index in [2.05, 4.69) is 10.6 Å². The molecule has 5 rings (SSSR count). The minimum Gasteiger partial charge on any atom is -0.398 e. The zero-order valence-electron chi connectivity index (χ0n) is 13.5. The van der Waals surface area contributed by atoms with E-state index in [1.54, 1.807) is 30.3 Å². The molecule has 0 unspecified atom stereocenters. The van der Waals surface area contributed by atoms with Gasteiger partial charge in [-0.1, -0.05) is 24.3 Å². The van der Waals surface area contributed by atoms with Crippen molar-refractivity contribution in [3.05, 3.63) is 52.6 Å². The first-order chi connectivity index (χ1) is 12.1. The van der Waals surface area contributed by atoms with E-state index in [4.69, 9.17) is 10.5 Å². The lowest BCUT2D eigenvalue weighted by atomic mass is 9.82. The van der Waals surface area contributed by atoms with Gasteiger partial charge in [-0.05, 0) is 6.07 Å². The number of nitrogen functional groups attached to an aromatic ring is 1. The first-order valence-electron chi connectivity index (χ1n) is 8.39. The molecule has 2 heterocycles. The van der Waals surface area contributed by atoms with Crippen LogP contribution in [0, 0.1) is 0 Å². The van der Waals surface area contributed by atoms with Gasteiger partial charge >= 0.3 is 0 Å². The average Bonchev–Trinajstić information content (AvgIpc) is 2.96. The fourth-order valence-electron chi connectivity index (χ4n) is 4.05. The summed E-state index contributed by atoms with van der Waals surface area (Å²) in [4.78, 5) is 26.1. The lowest BCUT2D eigenvalue weighted by molar-refractivity contribution is 0.0696. The molecule has 1 fully saturated rings. The predicted molar refractivity (Wildman–Crippen MR) is 94.2 cm³/mol. The Labute approximate surface area is 144 Å². The molecule has 2 aliphatic heterocycles. The monoisotopic (exact) mass is 335 g/mol. The van der Waals surface area contributed by atoms with E-state index in [9.17, 15) is 9.59 Å². The van der Waals surface area contributed by atoms with Crippen molar-refractivity contribution in [3.63, 3.8) is 0 Å². The maximum atomic E-state index is 13.1. The number of fused-ring (bicyclic) bond motifs is 4. The fraction of sp³-hybridized carbons (Fsp3) is 0.263. The average molecular weight is 335 g/mol. The van der Waals surface area contributed by atoms with Gasteiger partial charge in [0.1, 0.15) is 5.66 Å². The van der Waals surface area contributed by atoms with Gasteiger partial charge in [0, 0.05) is 29.7 Å². The number of hydrogen-bond donors (Lipinski definition) is 3. The van der Waals surface area contributed by atoms with Crippen molar-refractivity contribution in [2.24, 2.45) is 0 Å². The van der Waals surface area contributed by atoms with Crippen molar-refractivity contribution in [2.45, 2.75) is 18.5 Å². The summed E-state index contributed by atoms with van der Waals surface area (Å²) in [7, 11) is 0. The zero-order valence-corrected chi connectivity index (χ0v) is 13.5. The highest BCUT2D eigenvalue weighted by Gasteiger charge is 2.43. The Morgan fingerprint density at radius 1 is 0.960 bits per heavy atom. The van der Waals surface area contributed by atoms with Gasteiger partial charge in [-0.25, -0.2) is 0 Å². The molecule has 0 radical (unpaired) electrons. The molecule has 6 heteroatoms. The summed E-state index contributed by atoms with van der Waals surface area (Å²) in [6, 6.07) is 8.66. The number of carbonyl (C=O) groups excluding carboxylic acids is 2. The molecule has 2 aromatic carbocycles. The molecule has 0 aromatic heterocycles. The van der Waals surface area contributed by atoms with Crippen LogP contribution in [0.3, 0.4) is 0 Å². The number of ketones is 2. The zero-order chi connectivity index (χ0) is 17.2. The maximum absolute atomic E-state index is 13.1. The minimum atomic E-state index is -0.345. The molecule has 6 nitrogen and oxygen atoms in total. The lowest BCUT2D eigenvalue weighted by Gasteiger charge is -2.34. The van der Waals surface area contributed by atoms with Crippen molar-refractivity contribution >= 4 is 28.6 Å². The van der Waals surface area contributed by atoms with Crippen molar-refractivity contribution < 1.29 is 14.3 Å².